The first-order chi connectivity index (χ1) is 14.2. The van der Waals surface area contributed by atoms with Crippen molar-refractivity contribution in [1.82, 2.24) is 9.47 Å². The summed E-state index contributed by atoms with van der Waals surface area (Å²) in [5, 5.41) is 19.6. The molecule has 0 saturated carbocycles. The molecule has 0 atom stereocenters. The van der Waals surface area contributed by atoms with Gasteiger partial charge >= 0.3 is 0 Å². The molecular weight excluding hydrogens is 368 g/mol. The van der Waals surface area contributed by atoms with Crippen LogP contribution in [0.5, 0.6) is 0 Å². The van der Waals surface area contributed by atoms with Crippen LogP contribution >= 0.6 is 0 Å². The fourth-order valence-corrected chi connectivity index (χ4v) is 4.21. The number of aliphatic hydroxyl groups excluding tert-OH is 2. The molecule has 6 heteroatoms. The lowest BCUT2D eigenvalue weighted by atomic mass is 10.0. The Morgan fingerprint density at radius 3 is 2.10 bits per heavy atom. The largest absolute Gasteiger partial charge is 0.395 e. The Balaban J connectivity index is 1.78. The molecule has 0 spiro atoms. The van der Waals surface area contributed by atoms with Crippen molar-refractivity contribution in [1.29, 1.82) is 0 Å². The molecule has 4 rings (SSSR count). The zero-order chi connectivity index (χ0) is 20.4. The number of hydrogen-bond donors (Lipinski definition) is 2. The number of ketones is 1. The predicted molar refractivity (Wildman–Crippen MR) is 112 cm³/mol. The summed E-state index contributed by atoms with van der Waals surface area (Å²) in [4.78, 5) is 28.4. The predicted octanol–water partition coefficient (Wildman–Crippen LogP) is 1.89. The maximum atomic E-state index is 13.3. The Morgan fingerprint density at radius 1 is 0.793 bits per heavy atom. The van der Waals surface area contributed by atoms with Gasteiger partial charge in [-0.2, -0.15) is 0 Å². The second kappa shape index (κ2) is 8.29. The SMILES string of the molecule is O=C1c2ccccc2-c2c1c1ccccc1c(=O)n2CCCN(CCO)CCO. The number of aliphatic hydroxyl groups is 2. The Labute approximate surface area is 168 Å². The van der Waals surface area contributed by atoms with E-state index in [0.717, 1.165) is 5.56 Å². The molecule has 1 heterocycles. The van der Waals surface area contributed by atoms with Crippen LogP contribution in [0.15, 0.2) is 53.3 Å². The molecule has 29 heavy (non-hydrogen) atoms. The lowest BCUT2D eigenvalue weighted by molar-refractivity contribution is 0.104. The molecule has 0 aliphatic heterocycles. The van der Waals surface area contributed by atoms with Gasteiger partial charge in [0.2, 0.25) is 0 Å². The average Bonchev–Trinajstić information content (AvgIpc) is 3.04. The van der Waals surface area contributed by atoms with E-state index in [1.807, 2.05) is 47.4 Å². The summed E-state index contributed by atoms with van der Waals surface area (Å²) in [5.41, 5.74) is 2.64. The fourth-order valence-electron chi connectivity index (χ4n) is 4.21. The first-order valence-corrected chi connectivity index (χ1v) is 9.91. The molecular formula is C23H24N2O4. The van der Waals surface area contributed by atoms with Gasteiger partial charge < -0.3 is 14.8 Å². The van der Waals surface area contributed by atoms with E-state index in [1.54, 1.807) is 10.6 Å². The number of nitrogens with zero attached hydrogens (tertiary/aromatic N) is 2. The number of carbonyl (C=O) groups is 1. The molecule has 6 nitrogen and oxygen atoms in total. The lowest BCUT2D eigenvalue weighted by Gasteiger charge is -2.21. The van der Waals surface area contributed by atoms with Crippen molar-refractivity contribution in [2.75, 3.05) is 32.8 Å². The molecule has 2 N–H and O–H groups in total. The minimum absolute atomic E-state index is 0.0210. The van der Waals surface area contributed by atoms with Gasteiger partial charge in [0.05, 0.1) is 24.5 Å². The third-order valence-corrected chi connectivity index (χ3v) is 5.52. The van der Waals surface area contributed by atoms with Crippen LogP contribution in [-0.4, -0.2) is 58.3 Å². The van der Waals surface area contributed by atoms with Crippen molar-refractivity contribution in [2.45, 2.75) is 13.0 Å². The van der Waals surface area contributed by atoms with Crippen molar-refractivity contribution in [3.63, 3.8) is 0 Å². The highest BCUT2D eigenvalue weighted by molar-refractivity contribution is 6.26. The zero-order valence-corrected chi connectivity index (χ0v) is 16.2. The van der Waals surface area contributed by atoms with Crippen LogP contribution in [0.4, 0.5) is 0 Å². The minimum atomic E-state index is -0.0975. The Morgan fingerprint density at radius 2 is 1.41 bits per heavy atom. The summed E-state index contributed by atoms with van der Waals surface area (Å²) in [6.45, 7) is 2.10. The van der Waals surface area contributed by atoms with Gasteiger partial charge in [0.25, 0.3) is 5.56 Å². The third kappa shape index (κ3) is 3.40. The third-order valence-electron chi connectivity index (χ3n) is 5.52. The van der Waals surface area contributed by atoms with Gasteiger partial charge in [-0.3, -0.25) is 14.5 Å². The van der Waals surface area contributed by atoms with Gasteiger partial charge in [-0.1, -0.05) is 42.5 Å². The van der Waals surface area contributed by atoms with Crippen molar-refractivity contribution in [2.24, 2.45) is 0 Å². The number of rotatable bonds is 8. The van der Waals surface area contributed by atoms with E-state index in [4.69, 9.17) is 0 Å². The normalized spacial score (nSPS) is 12.6. The second-order valence-corrected chi connectivity index (χ2v) is 7.24. The molecule has 0 radical (unpaired) electrons. The van der Waals surface area contributed by atoms with Crippen molar-refractivity contribution in [3.8, 4) is 11.3 Å². The smallest absolute Gasteiger partial charge is 0.258 e. The number of benzene rings is 2. The van der Waals surface area contributed by atoms with E-state index in [9.17, 15) is 19.8 Å². The Bertz CT molecular complexity index is 1110. The first-order valence-electron chi connectivity index (χ1n) is 9.91. The van der Waals surface area contributed by atoms with Crippen LogP contribution in [0.3, 0.4) is 0 Å². The fraction of sp³-hybridized carbons (Fsp3) is 0.304. The molecule has 3 aromatic rings. The number of fused-ring (bicyclic) bond motifs is 5. The van der Waals surface area contributed by atoms with E-state index in [2.05, 4.69) is 0 Å². The van der Waals surface area contributed by atoms with E-state index in [-0.39, 0.29) is 24.6 Å². The summed E-state index contributed by atoms with van der Waals surface area (Å²) in [6, 6.07) is 14.7. The summed E-state index contributed by atoms with van der Waals surface area (Å²) < 4.78 is 1.72. The number of aromatic nitrogens is 1. The van der Waals surface area contributed by atoms with Gasteiger partial charge in [0.15, 0.2) is 5.78 Å². The van der Waals surface area contributed by atoms with E-state index in [0.29, 0.717) is 60.2 Å². The van der Waals surface area contributed by atoms with Gasteiger partial charge in [-0.05, 0) is 12.5 Å². The summed E-state index contributed by atoms with van der Waals surface area (Å²) >= 11 is 0. The number of hydrogen-bond acceptors (Lipinski definition) is 5. The molecule has 150 valence electrons. The van der Waals surface area contributed by atoms with Gasteiger partial charge in [-0.15, -0.1) is 0 Å². The van der Waals surface area contributed by atoms with Gasteiger partial charge in [-0.25, -0.2) is 0 Å². The Kier molecular flexibility index (Phi) is 5.58. The standard InChI is InChI=1S/C23H24N2O4/c26-14-12-24(13-15-27)10-5-11-25-21-17-7-2-3-8-18(17)22(28)20(21)16-6-1-4-9-19(16)23(25)29/h1-4,6-9,26-27H,5,10-15H2. The summed E-state index contributed by atoms with van der Waals surface area (Å²) in [7, 11) is 0. The van der Waals surface area contributed by atoms with Crippen LogP contribution in [0.2, 0.25) is 0 Å². The van der Waals surface area contributed by atoms with E-state index >= 15 is 0 Å². The average molecular weight is 392 g/mol. The number of pyridine rings is 1. The summed E-state index contributed by atoms with van der Waals surface area (Å²) in [6.07, 6.45) is 0.668. The quantitative estimate of drug-likeness (QED) is 0.479. The van der Waals surface area contributed by atoms with Gasteiger partial charge in [0, 0.05) is 48.1 Å². The van der Waals surface area contributed by atoms with Crippen LogP contribution in [0.25, 0.3) is 22.0 Å². The van der Waals surface area contributed by atoms with Crippen LogP contribution in [0, 0.1) is 0 Å². The van der Waals surface area contributed by atoms with Crippen molar-refractivity contribution in [3.05, 3.63) is 70.0 Å². The minimum Gasteiger partial charge on any atom is -0.395 e. The monoisotopic (exact) mass is 392 g/mol. The second-order valence-electron chi connectivity index (χ2n) is 7.24. The lowest BCUT2D eigenvalue weighted by Crippen LogP contribution is -2.32. The van der Waals surface area contributed by atoms with Crippen LogP contribution < -0.4 is 5.56 Å². The van der Waals surface area contributed by atoms with Crippen molar-refractivity contribution >= 4 is 16.6 Å². The van der Waals surface area contributed by atoms with E-state index < -0.39 is 0 Å². The molecule has 1 aliphatic rings. The summed E-state index contributed by atoms with van der Waals surface area (Å²) in [5.74, 6) is -0.0391. The maximum absolute atomic E-state index is 13.3. The van der Waals surface area contributed by atoms with Crippen LogP contribution in [-0.2, 0) is 6.54 Å². The molecule has 1 aliphatic carbocycles. The first kappa shape index (κ1) is 19.5. The topological polar surface area (TPSA) is 82.8 Å². The number of carbonyl (C=O) groups excluding carboxylic acids is 1. The Hall–Kier alpha value is -2.80. The van der Waals surface area contributed by atoms with E-state index in [1.165, 1.54) is 0 Å². The molecule has 0 bridgehead atoms. The van der Waals surface area contributed by atoms with Crippen molar-refractivity contribution < 1.29 is 15.0 Å². The highest BCUT2D eigenvalue weighted by Gasteiger charge is 2.32. The maximum Gasteiger partial charge on any atom is 0.258 e. The molecule has 0 amide bonds. The molecule has 1 aromatic heterocycles. The molecule has 0 fully saturated rings. The highest BCUT2D eigenvalue weighted by atomic mass is 16.3. The molecule has 0 saturated heterocycles. The zero-order valence-electron chi connectivity index (χ0n) is 16.2. The molecule has 2 aromatic carbocycles. The van der Waals surface area contributed by atoms with Crippen LogP contribution in [0.1, 0.15) is 22.3 Å². The highest BCUT2D eigenvalue weighted by Crippen LogP contribution is 2.39. The van der Waals surface area contributed by atoms with Gasteiger partial charge in [0.1, 0.15) is 0 Å². The molecule has 0 unspecified atom stereocenters.